The molecule has 130 valence electrons. The minimum Gasteiger partial charge on any atom is -0.449 e. The maximum atomic E-state index is 12.2. The number of amides is 1. The Morgan fingerprint density at radius 1 is 1.04 bits per heavy atom. The molecule has 0 spiro atoms. The lowest BCUT2D eigenvalue weighted by molar-refractivity contribution is -0.123. The number of anilines is 1. The summed E-state index contributed by atoms with van der Waals surface area (Å²) in [6, 6.07) is 10.9. The minimum atomic E-state index is -1.07. The van der Waals surface area contributed by atoms with Gasteiger partial charge in [-0.25, -0.2) is 4.79 Å². The molecule has 0 saturated carbocycles. The van der Waals surface area contributed by atoms with Gasteiger partial charge in [0.15, 0.2) is 11.9 Å². The van der Waals surface area contributed by atoms with Crippen molar-refractivity contribution in [2.24, 2.45) is 0 Å². The van der Waals surface area contributed by atoms with Gasteiger partial charge in [-0.1, -0.05) is 35.3 Å². The lowest BCUT2D eigenvalue weighted by Crippen LogP contribution is -2.30. The minimum absolute atomic E-state index is 0.179. The Balaban J connectivity index is 2.06. The summed E-state index contributed by atoms with van der Waals surface area (Å²) in [6.07, 6.45) is -1.07. The molecule has 5 nitrogen and oxygen atoms in total. The molecule has 0 aliphatic carbocycles. The number of nitrogens with one attached hydrogen (secondary N) is 1. The van der Waals surface area contributed by atoms with Crippen LogP contribution in [0.25, 0.3) is 0 Å². The van der Waals surface area contributed by atoms with Gasteiger partial charge in [0, 0.05) is 5.56 Å². The van der Waals surface area contributed by atoms with Gasteiger partial charge in [0.2, 0.25) is 0 Å². The zero-order chi connectivity index (χ0) is 18.6. The summed E-state index contributed by atoms with van der Waals surface area (Å²) in [7, 11) is 0. The van der Waals surface area contributed by atoms with E-state index < -0.39 is 18.0 Å². The third-order valence-electron chi connectivity index (χ3n) is 3.37. The Hall–Kier alpha value is -2.37. The van der Waals surface area contributed by atoms with Crippen molar-refractivity contribution < 1.29 is 19.1 Å². The SMILES string of the molecule is CC(=O)c1ccccc1NC(=O)C(C)OC(=O)c1ccc(Cl)c(Cl)c1. The smallest absolute Gasteiger partial charge is 0.338 e. The Morgan fingerprint density at radius 3 is 2.36 bits per heavy atom. The second-order valence-corrected chi connectivity index (χ2v) is 6.08. The zero-order valence-corrected chi connectivity index (χ0v) is 15.0. The molecule has 0 bridgehead atoms. The van der Waals surface area contributed by atoms with Crippen molar-refractivity contribution in [3.8, 4) is 0 Å². The van der Waals surface area contributed by atoms with Crippen molar-refractivity contribution in [1.82, 2.24) is 0 Å². The second kappa shape index (κ2) is 8.14. The van der Waals surface area contributed by atoms with E-state index in [4.69, 9.17) is 27.9 Å². The molecule has 25 heavy (non-hydrogen) atoms. The van der Waals surface area contributed by atoms with Crippen molar-refractivity contribution in [3.63, 3.8) is 0 Å². The highest BCUT2D eigenvalue weighted by atomic mass is 35.5. The van der Waals surface area contributed by atoms with Gasteiger partial charge in [-0.2, -0.15) is 0 Å². The van der Waals surface area contributed by atoms with E-state index in [1.54, 1.807) is 24.3 Å². The third kappa shape index (κ3) is 4.81. The fraction of sp³-hybridized carbons (Fsp3) is 0.167. The summed E-state index contributed by atoms with van der Waals surface area (Å²) in [5.41, 5.74) is 0.912. The maximum Gasteiger partial charge on any atom is 0.338 e. The molecule has 1 N–H and O–H groups in total. The van der Waals surface area contributed by atoms with Crippen LogP contribution in [0.1, 0.15) is 34.6 Å². The lowest BCUT2D eigenvalue weighted by atomic mass is 10.1. The number of para-hydroxylation sites is 1. The van der Waals surface area contributed by atoms with Crippen LogP contribution in [-0.4, -0.2) is 23.8 Å². The fourth-order valence-corrected chi connectivity index (χ4v) is 2.34. The quantitative estimate of drug-likeness (QED) is 0.617. The molecule has 0 aliphatic rings. The molecule has 0 saturated heterocycles. The molecule has 7 heteroatoms. The number of carbonyl (C=O) groups excluding carboxylic acids is 3. The number of Topliss-reactive ketones (excluding diaryl/α,β-unsaturated/α-hetero) is 1. The number of rotatable bonds is 5. The summed E-state index contributed by atoms with van der Waals surface area (Å²) < 4.78 is 5.13. The molecular weight excluding hydrogens is 365 g/mol. The van der Waals surface area contributed by atoms with Crippen LogP contribution in [0.5, 0.6) is 0 Å². The molecule has 1 atom stereocenters. The molecule has 1 unspecified atom stereocenters. The predicted octanol–water partition coefficient (Wildman–Crippen LogP) is 4.38. The number of ether oxygens (including phenoxy) is 1. The van der Waals surface area contributed by atoms with Crippen molar-refractivity contribution in [1.29, 1.82) is 0 Å². The van der Waals surface area contributed by atoms with Gasteiger partial charge in [0.1, 0.15) is 0 Å². The molecule has 2 aromatic rings. The van der Waals surface area contributed by atoms with Gasteiger partial charge >= 0.3 is 5.97 Å². The van der Waals surface area contributed by atoms with Gasteiger partial charge in [-0.15, -0.1) is 0 Å². The van der Waals surface area contributed by atoms with Gasteiger partial charge in [-0.05, 0) is 44.2 Å². The van der Waals surface area contributed by atoms with Crippen molar-refractivity contribution in [2.45, 2.75) is 20.0 Å². The average molecular weight is 380 g/mol. The molecule has 0 heterocycles. The van der Waals surface area contributed by atoms with E-state index in [0.29, 0.717) is 16.3 Å². The number of hydrogen-bond donors (Lipinski definition) is 1. The molecule has 2 aromatic carbocycles. The monoisotopic (exact) mass is 379 g/mol. The maximum absolute atomic E-state index is 12.2. The van der Waals surface area contributed by atoms with Crippen LogP contribution < -0.4 is 5.32 Å². The largest absolute Gasteiger partial charge is 0.449 e. The highest BCUT2D eigenvalue weighted by Gasteiger charge is 2.21. The highest BCUT2D eigenvalue weighted by Crippen LogP contribution is 2.23. The van der Waals surface area contributed by atoms with E-state index in [1.807, 2.05) is 0 Å². The van der Waals surface area contributed by atoms with E-state index in [9.17, 15) is 14.4 Å². The third-order valence-corrected chi connectivity index (χ3v) is 4.11. The van der Waals surface area contributed by atoms with Gasteiger partial charge in [-0.3, -0.25) is 9.59 Å². The van der Waals surface area contributed by atoms with Crippen LogP contribution in [0.2, 0.25) is 10.0 Å². The first-order valence-electron chi connectivity index (χ1n) is 7.36. The van der Waals surface area contributed by atoms with Crippen molar-refractivity contribution in [3.05, 3.63) is 63.6 Å². The summed E-state index contributed by atoms with van der Waals surface area (Å²) >= 11 is 11.7. The number of hydrogen-bond acceptors (Lipinski definition) is 4. The van der Waals surface area contributed by atoms with Gasteiger partial charge in [0.25, 0.3) is 5.91 Å². The molecule has 0 radical (unpaired) electrons. The normalized spacial score (nSPS) is 11.5. The van der Waals surface area contributed by atoms with Crippen molar-refractivity contribution >= 4 is 46.5 Å². The predicted molar refractivity (Wildman–Crippen MR) is 96.4 cm³/mol. The fourth-order valence-electron chi connectivity index (χ4n) is 2.04. The van der Waals surface area contributed by atoms with E-state index in [-0.39, 0.29) is 16.4 Å². The first-order chi connectivity index (χ1) is 11.8. The Kier molecular flexibility index (Phi) is 6.17. The van der Waals surface area contributed by atoms with Gasteiger partial charge in [0.05, 0.1) is 21.3 Å². The molecule has 0 aromatic heterocycles. The Morgan fingerprint density at radius 2 is 1.72 bits per heavy atom. The Bertz CT molecular complexity index is 836. The van der Waals surface area contributed by atoms with E-state index in [2.05, 4.69) is 5.32 Å². The first kappa shape index (κ1) is 19.0. The molecule has 0 aliphatic heterocycles. The van der Waals surface area contributed by atoms with Crippen LogP contribution in [0.4, 0.5) is 5.69 Å². The van der Waals surface area contributed by atoms with Crippen LogP contribution in [0.3, 0.4) is 0 Å². The highest BCUT2D eigenvalue weighted by molar-refractivity contribution is 6.42. The van der Waals surface area contributed by atoms with Gasteiger partial charge < -0.3 is 10.1 Å². The molecular formula is C18H15Cl2NO4. The number of esters is 1. The summed E-state index contributed by atoms with van der Waals surface area (Å²) in [5.74, 6) is -1.44. The Labute approximate surface area is 154 Å². The molecule has 0 fully saturated rings. The zero-order valence-electron chi connectivity index (χ0n) is 13.5. The lowest BCUT2D eigenvalue weighted by Gasteiger charge is -2.15. The molecule has 1 amide bonds. The van der Waals surface area contributed by atoms with E-state index in [1.165, 1.54) is 32.0 Å². The van der Waals surface area contributed by atoms with E-state index >= 15 is 0 Å². The molecule has 2 rings (SSSR count). The number of carbonyl (C=O) groups is 3. The van der Waals surface area contributed by atoms with Crippen LogP contribution >= 0.6 is 23.2 Å². The van der Waals surface area contributed by atoms with Crippen LogP contribution in [-0.2, 0) is 9.53 Å². The average Bonchev–Trinajstić information content (AvgIpc) is 2.57. The van der Waals surface area contributed by atoms with Crippen molar-refractivity contribution in [2.75, 3.05) is 5.32 Å². The summed E-state index contributed by atoms with van der Waals surface area (Å²) in [5, 5.41) is 3.11. The number of halogens is 2. The second-order valence-electron chi connectivity index (χ2n) is 5.27. The first-order valence-corrected chi connectivity index (χ1v) is 8.12. The summed E-state index contributed by atoms with van der Waals surface area (Å²) in [6.45, 7) is 2.83. The number of benzene rings is 2. The summed E-state index contributed by atoms with van der Waals surface area (Å²) in [4.78, 5) is 35.9. The van der Waals surface area contributed by atoms with Crippen LogP contribution in [0, 0.1) is 0 Å². The topological polar surface area (TPSA) is 72.5 Å². The number of ketones is 1. The van der Waals surface area contributed by atoms with E-state index in [0.717, 1.165) is 0 Å². The standard InChI is InChI=1S/C18H15Cl2NO4/c1-10(22)13-5-3-4-6-16(13)21-17(23)11(2)25-18(24)12-7-8-14(19)15(20)9-12/h3-9,11H,1-2H3,(H,21,23). The van der Waals surface area contributed by atoms with Crippen LogP contribution in [0.15, 0.2) is 42.5 Å².